The number of hydrogen-bond acceptors (Lipinski definition) is 2. The minimum Gasteiger partial charge on any atom is -0.395 e. The van der Waals surface area contributed by atoms with Gasteiger partial charge in [0.25, 0.3) is 0 Å². The van der Waals surface area contributed by atoms with E-state index >= 15 is 0 Å². The van der Waals surface area contributed by atoms with Crippen molar-refractivity contribution < 1.29 is 5.11 Å². The number of likely N-dealkylation sites (tertiary alicyclic amines) is 1. The predicted molar refractivity (Wildman–Crippen MR) is 64.9 cm³/mol. The molecule has 2 nitrogen and oxygen atoms in total. The van der Waals surface area contributed by atoms with Crippen molar-refractivity contribution >= 4 is 0 Å². The summed E-state index contributed by atoms with van der Waals surface area (Å²) in [6, 6.07) is 0. The number of piperidine rings is 1. The van der Waals surface area contributed by atoms with Crippen molar-refractivity contribution in [1.82, 2.24) is 4.90 Å². The second-order valence-electron chi connectivity index (χ2n) is 4.77. The van der Waals surface area contributed by atoms with E-state index in [0.717, 1.165) is 25.9 Å². The van der Waals surface area contributed by atoms with Crippen LogP contribution < -0.4 is 0 Å². The van der Waals surface area contributed by atoms with Crippen LogP contribution in [0.5, 0.6) is 0 Å². The van der Waals surface area contributed by atoms with Crippen molar-refractivity contribution in [2.45, 2.75) is 39.0 Å². The molecule has 1 heterocycles. The zero-order valence-electron chi connectivity index (χ0n) is 10.0. The van der Waals surface area contributed by atoms with Gasteiger partial charge in [0.2, 0.25) is 0 Å². The molecule has 1 aliphatic rings. The van der Waals surface area contributed by atoms with Crippen LogP contribution in [-0.2, 0) is 0 Å². The summed E-state index contributed by atoms with van der Waals surface area (Å²) in [4.78, 5) is 2.52. The molecular weight excluding hydrogens is 186 g/mol. The van der Waals surface area contributed by atoms with E-state index in [0.29, 0.717) is 0 Å². The molecule has 0 aromatic heterocycles. The van der Waals surface area contributed by atoms with Gasteiger partial charge in [-0.05, 0) is 38.9 Å². The van der Waals surface area contributed by atoms with E-state index < -0.39 is 0 Å². The van der Waals surface area contributed by atoms with E-state index in [2.05, 4.69) is 18.4 Å². The molecule has 0 saturated carbocycles. The largest absolute Gasteiger partial charge is 0.395 e. The Labute approximate surface area is 94.0 Å². The standard InChI is InChI=1S/C13H25NO/c1-3-5-6-9-14-10-7-13(4-2,12-15)8-11-14/h4,15H,2-3,5-12H2,1H3. The molecule has 2 heteroatoms. The van der Waals surface area contributed by atoms with Gasteiger partial charge >= 0.3 is 0 Å². The minimum atomic E-state index is 0.0151. The molecule has 0 aromatic carbocycles. The van der Waals surface area contributed by atoms with Crippen LogP contribution in [0.4, 0.5) is 0 Å². The Balaban J connectivity index is 2.25. The van der Waals surface area contributed by atoms with Crippen LogP contribution in [0, 0.1) is 5.41 Å². The van der Waals surface area contributed by atoms with Gasteiger partial charge in [-0.15, -0.1) is 6.58 Å². The fourth-order valence-corrected chi connectivity index (χ4v) is 2.23. The zero-order valence-corrected chi connectivity index (χ0v) is 10.0. The molecule has 0 aromatic rings. The molecule has 88 valence electrons. The normalized spacial score (nSPS) is 21.5. The summed E-state index contributed by atoms with van der Waals surface area (Å²) in [5.41, 5.74) is 0.0151. The number of aliphatic hydroxyl groups is 1. The van der Waals surface area contributed by atoms with Crippen LogP contribution in [0.3, 0.4) is 0 Å². The molecule has 1 rings (SSSR count). The first-order valence-corrected chi connectivity index (χ1v) is 6.23. The number of aliphatic hydroxyl groups excluding tert-OH is 1. The van der Waals surface area contributed by atoms with Crippen molar-refractivity contribution in [1.29, 1.82) is 0 Å². The first-order valence-electron chi connectivity index (χ1n) is 6.23. The summed E-state index contributed by atoms with van der Waals surface area (Å²) in [6.45, 7) is 9.82. The molecule has 0 unspecified atom stereocenters. The highest BCUT2D eigenvalue weighted by Gasteiger charge is 2.30. The number of unbranched alkanes of at least 4 members (excludes halogenated alkanes) is 2. The molecule has 1 saturated heterocycles. The van der Waals surface area contributed by atoms with Crippen molar-refractivity contribution in [2.24, 2.45) is 5.41 Å². The summed E-state index contributed by atoms with van der Waals surface area (Å²) in [5, 5.41) is 9.35. The lowest BCUT2D eigenvalue weighted by Gasteiger charge is -2.38. The fourth-order valence-electron chi connectivity index (χ4n) is 2.23. The minimum absolute atomic E-state index is 0.0151. The van der Waals surface area contributed by atoms with Crippen LogP contribution in [0.1, 0.15) is 39.0 Å². The van der Waals surface area contributed by atoms with Gasteiger partial charge in [-0.1, -0.05) is 25.8 Å². The van der Waals surface area contributed by atoms with Crippen LogP contribution in [0.2, 0.25) is 0 Å². The molecule has 0 atom stereocenters. The predicted octanol–water partition coefficient (Wildman–Crippen LogP) is 2.44. The summed E-state index contributed by atoms with van der Waals surface area (Å²) < 4.78 is 0. The lowest BCUT2D eigenvalue weighted by Crippen LogP contribution is -2.41. The molecule has 0 spiro atoms. The first kappa shape index (κ1) is 12.7. The Morgan fingerprint density at radius 1 is 1.33 bits per heavy atom. The first-order chi connectivity index (χ1) is 7.26. The van der Waals surface area contributed by atoms with Crippen LogP contribution >= 0.6 is 0 Å². The van der Waals surface area contributed by atoms with Gasteiger partial charge in [-0.25, -0.2) is 0 Å². The number of nitrogens with zero attached hydrogens (tertiary/aromatic N) is 1. The molecule has 1 aliphatic heterocycles. The van der Waals surface area contributed by atoms with Crippen molar-refractivity contribution in [3.8, 4) is 0 Å². The summed E-state index contributed by atoms with van der Waals surface area (Å²) in [5.74, 6) is 0. The van der Waals surface area contributed by atoms with Crippen molar-refractivity contribution in [3.05, 3.63) is 12.7 Å². The lowest BCUT2D eigenvalue weighted by molar-refractivity contribution is 0.0798. The third kappa shape index (κ3) is 3.62. The molecule has 1 N–H and O–H groups in total. The topological polar surface area (TPSA) is 23.5 Å². The van der Waals surface area contributed by atoms with E-state index in [1.165, 1.54) is 25.8 Å². The third-order valence-electron chi connectivity index (χ3n) is 3.68. The summed E-state index contributed by atoms with van der Waals surface area (Å²) >= 11 is 0. The van der Waals surface area contributed by atoms with E-state index in [1.54, 1.807) is 0 Å². The molecule has 0 amide bonds. The maximum atomic E-state index is 9.35. The average Bonchev–Trinajstić information content (AvgIpc) is 2.31. The van der Waals surface area contributed by atoms with Crippen LogP contribution in [-0.4, -0.2) is 36.2 Å². The Kier molecular flexibility index (Phi) is 5.34. The fraction of sp³-hybridized carbons (Fsp3) is 0.846. The van der Waals surface area contributed by atoms with Crippen molar-refractivity contribution in [2.75, 3.05) is 26.2 Å². The summed E-state index contributed by atoms with van der Waals surface area (Å²) in [6.07, 6.45) is 8.04. The molecule has 1 fully saturated rings. The van der Waals surface area contributed by atoms with Gasteiger partial charge in [0, 0.05) is 5.41 Å². The maximum absolute atomic E-state index is 9.35. The molecular formula is C13H25NO. The van der Waals surface area contributed by atoms with E-state index in [4.69, 9.17) is 0 Å². The second kappa shape index (κ2) is 6.29. The number of hydrogen-bond donors (Lipinski definition) is 1. The Morgan fingerprint density at radius 3 is 2.47 bits per heavy atom. The SMILES string of the molecule is C=CC1(CO)CCN(CCCCC)CC1. The van der Waals surface area contributed by atoms with Gasteiger partial charge < -0.3 is 10.0 Å². The van der Waals surface area contributed by atoms with Crippen molar-refractivity contribution in [3.63, 3.8) is 0 Å². The van der Waals surface area contributed by atoms with Crippen LogP contribution in [0.15, 0.2) is 12.7 Å². The summed E-state index contributed by atoms with van der Waals surface area (Å²) in [7, 11) is 0. The molecule has 0 radical (unpaired) electrons. The number of rotatable bonds is 6. The monoisotopic (exact) mass is 211 g/mol. The van der Waals surface area contributed by atoms with Gasteiger partial charge in [0.05, 0.1) is 6.61 Å². The highest BCUT2D eigenvalue weighted by atomic mass is 16.3. The van der Waals surface area contributed by atoms with Gasteiger partial charge in [0.1, 0.15) is 0 Å². The van der Waals surface area contributed by atoms with Crippen LogP contribution in [0.25, 0.3) is 0 Å². The smallest absolute Gasteiger partial charge is 0.0522 e. The Bertz CT molecular complexity index is 183. The highest BCUT2D eigenvalue weighted by Crippen LogP contribution is 2.31. The third-order valence-corrected chi connectivity index (χ3v) is 3.68. The van der Waals surface area contributed by atoms with E-state index in [1.807, 2.05) is 6.08 Å². The average molecular weight is 211 g/mol. The quantitative estimate of drug-likeness (QED) is 0.539. The Hall–Kier alpha value is -0.340. The van der Waals surface area contributed by atoms with Gasteiger partial charge in [0.15, 0.2) is 0 Å². The molecule has 0 aliphatic carbocycles. The van der Waals surface area contributed by atoms with Gasteiger partial charge in [-0.2, -0.15) is 0 Å². The highest BCUT2D eigenvalue weighted by molar-refractivity contribution is 4.98. The Morgan fingerprint density at radius 2 is 2.00 bits per heavy atom. The second-order valence-corrected chi connectivity index (χ2v) is 4.77. The maximum Gasteiger partial charge on any atom is 0.0522 e. The zero-order chi connectivity index (χ0) is 11.1. The van der Waals surface area contributed by atoms with E-state index in [-0.39, 0.29) is 12.0 Å². The molecule has 15 heavy (non-hydrogen) atoms. The molecule has 0 bridgehead atoms. The lowest BCUT2D eigenvalue weighted by atomic mass is 9.79. The van der Waals surface area contributed by atoms with E-state index in [9.17, 15) is 5.11 Å². The van der Waals surface area contributed by atoms with Gasteiger partial charge in [-0.3, -0.25) is 0 Å².